The van der Waals surface area contributed by atoms with E-state index in [4.69, 9.17) is 4.74 Å². The van der Waals surface area contributed by atoms with Crippen LogP contribution in [0.4, 0.5) is 0 Å². The minimum absolute atomic E-state index is 0.477. The maximum atomic E-state index is 6.10. The summed E-state index contributed by atoms with van der Waals surface area (Å²) in [5, 5.41) is 3.36. The van der Waals surface area contributed by atoms with E-state index in [9.17, 15) is 0 Å². The second-order valence-corrected chi connectivity index (χ2v) is 7.10. The van der Waals surface area contributed by atoms with Gasteiger partial charge in [0.2, 0.25) is 0 Å². The minimum Gasteiger partial charge on any atom is -0.373 e. The molecule has 1 aliphatic carbocycles. The van der Waals surface area contributed by atoms with Gasteiger partial charge in [-0.15, -0.1) is 11.3 Å². The third-order valence-corrected chi connectivity index (χ3v) is 5.34. The molecule has 0 saturated heterocycles. The van der Waals surface area contributed by atoms with E-state index in [1.54, 1.807) is 0 Å². The van der Waals surface area contributed by atoms with Crippen LogP contribution < -0.4 is 5.32 Å². The van der Waals surface area contributed by atoms with Crippen molar-refractivity contribution in [2.45, 2.75) is 59.3 Å². The molecule has 0 spiro atoms. The molecule has 0 bridgehead atoms. The van der Waals surface area contributed by atoms with Gasteiger partial charge in [0.25, 0.3) is 0 Å². The SMILES string of the molecule is CCNCc1ccc(COC2CCC(C)C(C)C2)s1. The van der Waals surface area contributed by atoms with E-state index >= 15 is 0 Å². The normalized spacial score (nSPS) is 27.6. The minimum atomic E-state index is 0.477. The van der Waals surface area contributed by atoms with Gasteiger partial charge in [0.05, 0.1) is 12.7 Å². The quantitative estimate of drug-likeness (QED) is 0.844. The van der Waals surface area contributed by atoms with Gasteiger partial charge in [-0.25, -0.2) is 0 Å². The number of hydrogen-bond donors (Lipinski definition) is 1. The Hall–Kier alpha value is -0.380. The summed E-state index contributed by atoms with van der Waals surface area (Å²) in [5.74, 6) is 1.68. The fourth-order valence-electron chi connectivity index (χ4n) is 2.69. The molecular weight excluding hydrogens is 254 g/mol. The highest BCUT2D eigenvalue weighted by molar-refractivity contribution is 7.11. The van der Waals surface area contributed by atoms with Gasteiger partial charge in [-0.3, -0.25) is 0 Å². The molecule has 1 heterocycles. The summed E-state index contributed by atoms with van der Waals surface area (Å²) in [7, 11) is 0. The Morgan fingerprint density at radius 2 is 2.00 bits per heavy atom. The molecule has 1 N–H and O–H groups in total. The van der Waals surface area contributed by atoms with Gasteiger partial charge in [0.1, 0.15) is 0 Å². The molecule has 0 radical (unpaired) electrons. The van der Waals surface area contributed by atoms with E-state index in [1.165, 1.54) is 29.0 Å². The second-order valence-electron chi connectivity index (χ2n) is 5.85. The van der Waals surface area contributed by atoms with Crippen LogP contribution in [0.25, 0.3) is 0 Å². The zero-order chi connectivity index (χ0) is 13.7. The fraction of sp³-hybridized carbons (Fsp3) is 0.750. The topological polar surface area (TPSA) is 21.3 Å². The molecule has 3 atom stereocenters. The number of nitrogens with one attached hydrogen (secondary N) is 1. The highest BCUT2D eigenvalue weighted by atomic mass is 32.1. The predicted molar refractivity (Wildman–Crippen MR) is 82.5 cm³/mol. The van der Waals surface area contributed by atoms with Crippen molar-refractivity contribution >= 4 is 11.3 Å². The van der Waals surface area contributed by atoms with E-state index in [0.717, 1.165) is 31.5 Å². The summed E-state index contributed by atoms with van der Waals surface area (Å²) in [6.07, 6.45) is 4.27. The summed E-state index contributed by atoms with van der Waals surface area (Å²) in [6, 6.07) is 4.43. The third-order valence-electron chi connectivity index (χ3n) is 4.28. The van der Waals surface area contributed by atoms with Crippen molar-refractivity contribution in [2.75, 3.05) is 6.54 Å². The zero-order valence-electron chi connectivity index (χ0n) is 12.4. The zero-order valence-corrected chi connectivity index (χ0v) is 13.3. The monoisotopic (exact) mass is 281 g/mol. The molecule has 0 aromatic carbocycles. The van der Waals surface area contributed by atoms with Crippen molar-refractivity contribution in [3.63, 3.8) is 0 Å². The molecular formula is C16H27NOS. The van der Waals surface area contributed by atoms with Crippen LogP contribution in [-0.2, 0) is 17.9 Å². The molecule has 108 valence electrons. The van der Waals surface area contributed by atoms with Crippen LogP contribution in [0.3, 0.4) is 0 Å². The van der Waals surface area contributed by atoms with E-state index in [1.807, 2.05) is 11.3 Å². The van der Waals surface area contributed by atoms with Crippen molar-refractivity contribution in [1.82, 2.24) is 5.32 Å². The van der Waals surface area contributed by atoms with Gasteiger partial charge in [0, 0.05) is 16.3 Å². The standard InChI is InChI=1S/C16H27NOS/c1-4-17-10-15-7-8-16(19-15)11-18-14-6-5-12(2)13(3)9-14/h7-8,12-14,17H,4-6,9-11H2,1-3H3. The maximum absolute atomic E-state index is 6.10. The first kappa shape index (κ1) is 15.0. The van der Waals surface area contributed by atoms with E-state index < -0.39 is 0 Å². The summed E-state index contributed by atoms with van der Waals surface area (Å²) in [5.41, 5.74) is 0. The Morgan fingerprint density at radius 1 is 1.21 bits per heavy atom. The summed E-state index contributed by atoms with van der Waals surface area (Å²) in [6.45, 7) is 9.68. The molecule has 3 unspecified atom stereocenters. The largest absolute Gasteiger partial charge is 0.373 e. The van der Waals surface area contributed by atoms with E-state index in [0.29, 0.717) is 6.10 Å². The Balaban J connectivity index is 1.74. The molecule has 1 aromatic rings. The first-order valence-electron chi connectivity index (χ1n) is 7.59. The van der Waals surface area contributed by atoms with Gasteiger partial charge >= 0.3 is 0 Å². The molecule has 19 heavy (non-hydrogen) atoms. The number of hydrogen-bond acceptors (Lipinski definition) is 3. The molecule has 1 aliphatic rings. The summed E-state index contributed by atoms with van der Waals surface area (Å²) < 4.78 is 6.10. The Morgan fingerprint density at radius 3 is 2.74 bits per heavy atom. The van der Waals surface area contributed by atoms with Crippen LogP contribution in [0.1, 0.15) is 49.8 Å². The van der Waals surface area contributed by atoms with Gasteiger partial charge in [-0.2, -0.15) is 0 Å². The molecule has 3 heteroatoms. The van der Waals surface area contributed by atoms with Crippen molar-refractivity contribution in [3.8, 4) is 0 Å². The van der Waals surface area contributed by atoms with Crippen molar-refractivity contribution in [2.24, 2.45) is 11.8 Å². The van der Waals surface area contributed by atoms with Crippen LogP contribution in [0, 0.1) is 11.8 Å². The van der Waals surface area contributed by atoms with Crippen LogP contribution in [0.2, 0.25) is 0 Å². The highest BCUT2D eigenvalue weighted by Gasteiger charge is 2.24. The highest BCUT2D eigenvalue weighted by Crippen LogP contribution is 2.31. The lowest BCUT2D eigenvalue weighted by atomic mass is 9.80. The summed E-state index contributed by atoms with van der Waals surface area (Å²) >= 11 is 1.88. The Labute approximate surface area is 121 Å². The molecule has 1 saturated carbocycles. The smallest absolute Gasteiger partial charge is 0.0813 e. The van der Waals surface area contributed by atoms with E-state index in [-0.39, 0.29) is 0 Å². The molecule has 1 fully saturated rings. The van der Waals surface area contributed by atoms with Gasteiger partial charge in [-0.1, -0.05) is 20.8 Å². The third kappa shape index (κ3) is 4.59. The number of ether oxygens (including phenoxy) is 1. The van der Waals surface area contributed by atoms with Gasteiger partial charge in [0.15, 0.2) is 0 Å². The van der Waals surface area contributed by atoms with E-state index in [2.05, 4.69) is 38.2 Å². The summed E-state index contributed by atoms with van der Waals surface area (Å²) in [4.78, 5) is 2.77. The van der Waals surface area contributed by atoms with Crippen LogP contribution in [-0.4, -0.2) is 12.6 Å². The lowest BCUT2D eigenvalue weighted by Gasteiger charge is -2.31. The fourth-order valence-corrected chi connectivity index (χ4v) is 3.60. The van der Waals surface area contributed by atoms with Crippen molar-refractivity contribution < 1.29 is 4.74 Å². The van der Waals surface area contributed by atoms with Crippen molar-refractivity contribution in [3.05, 3.63) is 21.9 Å². The van der Waals surface area contributed by atoms with Gasteiger partial charge < -0.3 is 10.1 Å². The molecule has 1 aromatic heterocycles. The Bertz CT molecular complexity index is 377. The van der Waals surface area contributed by atoms with Crippen LogP contribution in [0.15, 0.2) is 12.1 Å². The Kier molecular flexibility index (Phi) is 5.86. The number of rotatable bonds is 6. The lowest BCUT2D eigenvalue weighted by Crippen LogP contribution is -2.26. The first-order chi connectivity index (χ1) is 9.19. The lowest BCUT2D eigenvalue weighted by molar-refractivity contribution is -0.00633. The average Bonchev–Trinajstić information content (AvgIpc) is 2.86. The molecule has 0 amide bonds. The average molecular weight is 281 g/mol. The van der Waals surface area contributed by atoms with Crippen molar-refractivity contribution in [1.29, 1.82) is 0 Å². The van der Waals surface area contributed by atoms with Gasteiger partial charge in [-0.05, 0) is 49.8 Å². The van der Waals surface area contributed by atoms with Crippen LogP contribution in [0.5, 0.6) is 0 Å². The molecule has 0 aliphatic heterocycles. The second kappa shape index (κ2) is 7.41. The predicted octanol–water partition coefficient (Wildman–Crippen LogP) is 4.20. The first-order valence-corrected chi connectivity index (χ1v) is 8.40. The van der Waals surface area contributed by atoms with Crippen LogP contribution >= 0.6 is 11.3 Å². The molecule has 2 nitrogen and oxygen atoms in total. The number of thiophene rings is 1. The molecule has 2 rings (SSSR count). The maximum Gasteiger partial charge on any atom is 0.0813 e.